The van der Waals surface area contributed by atoms with Gasteiger partial charge in [-0.05, 0) is 5.56 Å². The second-order valence-electron chi connectivity index (χ2n) is 6.88. The molecule has 0 saturated carbocycles. The third-order valence-corrected chi connectivity index (χ3v) is 5.50. The molecule has 2 aromatic rings. The van der Waals surface area contributed by atoms with E-state index in [-0.39, 0.29) is 36.1 Å². The average molecular weight is 352 g/mol. The molecule has 7 heteroatoms. The summed E-state index contributed by atoms with van der Waals surface area (Å²) in [6.45, 7) is 2.31. The van der Waals surface area contributed by atoms with E-state index >= 15 is 0 Å². The summed E-state index contributed by atoms with van der Waals surface area (Å²) in [4.78, 5) is 36.3. The van der Waals surface area contributed by atoms with Crippen LogP contribution >= 0.6 is 0 Å². The van der Waals surface area contributed by atoms with Crippen molar-refractivity contribution in [3.63, 3.8) is 0 Å². The second-order valence-corrected chi connectivity index (χ2v) is 6.88. The highest BCUT2D eigenvalue weighted by atomic mass is 16.3. The minimum atomic E-state index is -0.505. The van der Waals surface area contributed by atoms with Crippen LogP contribution in [0.5, 0.6) is 0 Å². The van der Waals surface area contributed by atoms with Crippen molar-refractivity contribution in [1.29, 1.82) is 0 Å². The van der Waals surface area contributed by atoms with E-state index in [0.717, 1.165) is 5.56 Å². The summed E-state index contributed by atoms with van der Waals surface area (Å²) in [6.07, 6.45) is 4.42. The zero-order valence-corrected chi connectivity index (χ0v) is 14.4. The van der Waals surface area contributed by atoms with E-state index in [1.807, 2.05) is 30.3 Å². The monoisotopic (exact) mass is 352 g/mol. The van der Waals surface area contributed by atoms with Gasteiger partial charge in [-0.2, -0.15) is 0 Å². The van der Waals surface area contributed by atoms with Crippen LogP contribution in [0.3, 0.4) is 0 Å². The molecule has 2 amide bonds. The third-order valence-electron chi connectivity index (χ3n) is 5.50. The number of carbonyl (C=O) groups is 2. The van der Waals surface area contributed by atoms with Crippen LogP contribution < -0.4 is 0 Å². The lowest BCUT2D eigenvalue weighted by molar-refractivity contribution is -0.177. The first-order chi connectivity index (χ1) is 12.6. The van der Waals surface area contributed by atoms with Gasteiger partial charge in [0, 0.05) is 38.3 Å². The number of aromatic nitrogens is 2. The maximum Gasteiger partial charge on any atom is 0.275 e. The van der Waals surface area contributed by atoms with E-state index in [4.69, 9.17) is 0 Å². The van der Waals surface area contributed by atoms with E-state index in [0.29, 0.717) is 13.1 Å². The Morgan fingerprint density at radius 2 is 1.96 bits per heavy atom. The van der Waals surface area contributed by atoms with Gasteiger partial charge >= 0.3 is 0 Å². The van der Waals surface area contributed by atoms with Gasteiger partial charge in [0.25, 0.3) is 5.91 Å². The zero-order valence-electron chi connectivity index (χ0n) is 14.4. The molecule has 134 valence electrons. The summed E-state index contributed by atoms with van der Waals surface area (Å²) >= 11 is 0. The number of hydrogen-bond donors (Lipinski definition) is 1. The highest BCUT2D eigenvalue weighted by molar-refractivity contribution is 5.94. The van der Waals surface area contributed by atoms with Crippen LogP contribution in [0.2, 0.25) is 0 Å². The van der Waals surface area contributed by atoms with Crippen LogP contribution in [-0.2, 0) is 4.79 Å². The lowest BCUT2D eigenvalue weighted by Gasteiger charge is -2.70. The maximum atomic E-state index is 13.1. The Kier molecular flexibility index (Phi) is 3.96. The van der Waals surface area contributed by atoms with Gasteiger partial charge in [-0.25, -0.2) is 4.98 Å². The standard InChI is InChI=1S/C19H20N4O3/c1-13(25)22-11-19(12-22)17(14-5-3-2-4-6-14)16(10-24)23(19)18(26)15-9-20-7-8-21-15/h2-9,16-17,24H,10-12H2,1H3/t16-,17-/m1/s1. The Hall–Kier alpha value is -2.80. The molecule has 2 fully saturated rings. The van der Waals surface area contributed by atoms with Gasteiger partial charge in [0.1, 0.15) is 5.69 Å². The minimum absolute atomic E-state index is 0.0122. The number of amides is 2. The fourth-order valence-corrected chi connectivity index (χ4v) is 4.36. The first-order valence-electron chi connectivity index (χ1n) is 8.59. The van der Waals surface area contributed by atoms with Crippen molar-refractivity contribution in [2.75, 3.05) is 19.7 Å². The van der Waals surface area contributed by atoms with Gasteiger partial charge in [0.05, 0.1) is 24.4 Å². The molecule has 0 unspecified atom stereocenters. The molecule has 3 heterocycles. The maximum absolute atomic E-state index is 13.1. The lowest BCUT2D eigenvalue weighted by atomic mass is 9.60. The largest absolute Gasteiger partial charge is 0.394 e. The quantitative estimate of drug-likeness (QED) is 0.878. The number of benzene rings is 1. The van der Waals surface area contributed by atoms with Crippen LogP contribution in [0.15, 0.2) is 48.9 Å². The summed E-state index contributed by atoms with van der Waals surface area (Å²) in [7, 11) is 0. The van der Waals surface area contributed by atoms with Crippen LogP contribution in [-0.4, -0.2) is 68.0 Å². The number of aliphatic hydroxyl groups excluding tert-OH is 1. The predicted octanol–water partition coefficient (Wildman–Crippen LogP) is 0.678. The van der Waals surface area contributed by atoms with Gasteiger partial charge in [0.2, 0.25) is 5.91 Å². The van der Waals surface area contributed by atoms with E-state index in [1.54, 1.807) is 9.80 Å². The summed E-state index contributed by atoms with van der Waals surface area (Å²) in [5, 5.41) is 10.0. The van der Waals surface area contributed by atoms with Crippen molar-refractivity contribution in [3.8, 4) is 0 Å². The zero-order chi connectivity index (χ0) is 18.3. The molecule has 0 aliphatic carbocycles. The smallest absolute Gasteiger partial charge is 0.275 e. The van der Waals surface area contributed by atoms with Crippen molar-refractivity contribution in [2.45, 2.75) is 24.4 Å². The average Bonchev–Trinajstić information content (AvgIpc) is 2.61. The van der Waals surface area contributed by atoms with Crippen molar-refractivity contribution >= 4 is 11.8 Å². The van der Waals surface area contributed by atoms with Crippen molar-refractivity contribution in [3.05, 3.63) is 60.2 Å². The van der Waals surface area contributed by atoms with E-state index in [9.17, 15) is 14.7 Å². The minimum Gasteiger partial charge on any atom is -0.394 e. The highest BCUT2D eigenvalue weighted by Gasteiger charge is 2.68. The first-order valence-corrected chi connectivity index (χ1v) is 8.59. The molecule has 2 saturated heterocycles. The van der Waals surface area contributed by atoms with Gasteiger partial charge < -0.3 is 14.9 Å². The number of carbonyl (C=O) groups excluding carboxylic acids is 2. The molecule has 7 nitrogen and oxygen atoms in total. The summed E-state index contributed by atoms with van der Waals surface area (Å²) in [5.74, 6) is -0.292. The topological polar surface area (TPSA) is 86.6 Å². The molecule has 2 atom stereocenters. The number of aliphatic hydroxyl groups is 1. The van der Waals surface area contributed by atoms with Gasteiger partial charge in [0.15, 0.2) is 0 Å². The van der Waals surface area contributed by atoms with Crippen LogP contribution in [0.1, 0.15) is 28.9 Å². The summed E-state index contributed by atoms with van der Waals surface area (Å²) in [6, 6.07) is 9.51. The number of hydrogen-bond acceptors (Lipinski definition) is 5. The second kappa shape index (κ2) is 6.17. The van der Waals surface area contributed by atoms with E-state index in [2.05, 4.69) is 9.97 Å². The number of rotatable bonds is 3. The Balaban J connectivity index is 1.71. The van der Waals surface area contributed by atoms with Gasteiger partial charge in [-0.15, -0.1) is 0 Å². The SMILES string of the molecule is CC(=O)N1CC2(C1)[C@H](c1ccccc1)[C@@H](CO)N2C(=O)c1cnccn1. The molecule has 1 aromatic heterocycles. The molecule has 1 spiro atoms. The molecule has 26 heavy (non-hydrogen) atoms. The van der Waals surface area contributed by atoms with Crippen molar-refractivity contribution in [1.82, 2.24) is 19.8 Å². The van der Waals surface area contributed by atoms with Gasteiger partial charge in [-0.1, -0.05) is 30.3 Å². The molecular formula is C19H20N4O3. The fourth-order valence-electron chi connectivity index (χ4n) is 4.36. The van der Waals surface area contributed by atoms with E-state index in [1.165, 1.54) is 25.5 Å². The number of nitrogens with zero attached hydrogens (tertiary/aromatic N) is 4. The third kappa shape index (κ3) is 2.31. The van der Waals surface area contributed by atoms with Crippen molar-refractivity contribution in [2.24, 2.45) is 0 Å². The molecule has 4 rings (SSSR count). The lowest BCUT2D eigenvalue weighted by Crippen LogP contribution is -2.85. The Morgan fingerprint density at radius 1 is 1.23 bits per heavy atom. The Bertz CT molecular complexity index is 821. The summed E-state index contributed by atoms with van der Waals surface area (Å²) < 4.78 is 0. The molecule has 2 aliphatic rings. The number of likely N-dealkylation sites (tertiary alicyclic amines) is 2. The van der Waals surface area contributed by atoms with E-state index < -0.39 is 5.54 Å². The van der Waals surface area contributed by atoms with Gasteiger partial charge in [-0.3, -0.25) is 14.6 Å². The Morgan fingerprint density at radius 3 is 2.54 bits per heavy atom. The van der Waals surface area contributed by atoms with Crippen LogP contribution in [0.4, 0.5) is 0 Å². The normalized spacial score (nSPS) is 23.3. The van der Waals surface area contributed by atoms with Crippen LogP contribution in [0.25, 0.3) is 0 Å². The molecular weight excluding hydrogens is 332 g/mol. The highest BCUT2D eigenvalue weighted by Crippen LogP contribution is 2.54. The summed E-state index contributed by atoms with van der Waals surface area (Å²) in [5.41, 5.74) is 0.811. The molecule has 1 aromatic carbocycles. The fraction of sp³-hybridized carbons (Fsp3) is 0.368. The van der Waals surface area contributed by atoms with Crippen LogP contribution in [0, 0.1) is 0 Å². The molecule has 0 radical (unpaired) electrons. The molecule has 1 N–H and O–H groups in total. The predicted molar refractivity (Wildman–Crippen MR) is 93.2 cm³/mol. The Labute approximate surface area is 151 Å². The molecule has 2 aliphatic heterocycles. The molecule has 0 bridgehead atoms. The van der Waals surface area contributed by atoms with Crippen molar-refractivity contribution < 1.29 is 14.7 Å². The first kappa shape index (κ1) is 16.7.